The average Bonchev–Trinajstić information content (AvgIpc) is 2.11. The Kier molecular flexibility index (Phi) is 10.4. The van der Waals surface area contributed by atoms with Crippen molar-refractivity contribution in [1.82, 2.24) is 5.32 Å². The number of rotatable bonds is 6. The predicted octanol–water partition coefficient (Wildman–Crippen LogP) is 0.0370. The number of carbonyl (C=O) groups excluding carboxylic acids is 1. The van der Waals surface area contributed by atoms with E-state index in [1.165, 1.54) is 11.8 Å². The van der Waals surface area contributed by atoms with Crippen molar-refractivity contribution in [2.75, 3.05) is 11.6 Å². The molecule has 4 N–H and O–H groups in total. The molecule has 1 unspecified atom stereocenters. The van der Waals surface area contributed by atoms with E-state index in [4.69, 9.17) is 10.8 Å². The van der Waals surface area contributed by atoms with E-state index in [9.17, 15) is 9.59 Å². The Morgan fingerprint density at radius 1 is 1.57 bits per heavy atom. The Hall–Kier alpha value is -0.460. The molecule has 0 aliphatic rings. The number of nitrogens with one attached hydrogen (secondary N) is 1. The van der Waals surface area contributed by atoms with E-state index >= 15 is 0 Å². The minimum atomic E-state index is -1.02. The maximum absolute atomic E-state index is 10.7. The Morgan fingerprint density at radius 2 is 2.14 bits per heavy atom. The summed E-state index contributed by atoms with van der Waals surface area (Å²) in [7, 11) is 0. The molecular weight excluding hydrogens is 228 g/mol. The Labute approximate surface area is 93.2 Å². The van der Waals surface area contributed by atoms with Crippen LogP contribution in [0.4, 0.5) is 0 Å². The quantitative estimate of drug-likeness (QED) is 0.452. The second kappa shape index (κ2) is 9.11. The smallest absolute Gasteiger partial charge is 0.321 e. The molecule has 0 bridgehead atoms. The van der Waals surface area contributed by atoms with E-state index in [0.717, 1.165) is 0 Å². The van der Waals surface area contributed by atoms with Gasteiger partial charge < -0.3 is 16.2 Å². The van der Waals surface area contributed by atoms with Gasteiger partial charge in [-0.3, -0.25) is 9.59 Å². The van der Waals surface area contributed by atoms with E-state index in [-0.39, 0.29) is 18.3 Å². The van der Waals surface area contributed by atoms with Gasteiger partial charge in [0.1, 0.15) is 6.04 Å². The number of hydrogen-bond donors (Lipinski definition) is 3. The zero-order valence-electron chi connectivity index (χ0n) is 7.86. The third kappa shape index (κ3) is 8.15. The van der Waals surface area contributed by atoms with Crippen LogP contribution in [0.15, 0.2) is 0 Å². The Morgan fingerprint density at radius 3 is 2.57 bits per heavy atom. The van der Waals surface area contributed by atoms with Crippen molar-refractivity contribution in [1.29, 1.82) is 0 Å². The second-order valence-electron chi connectivity index (χ2n) is 2.41. The highest BCUT2D eigenvalue weighted by Crippen LogP contribution is 1.99. The third-order valence-electron chi connectivity index (χ3n) is 1.31. The van der Waals surface area contributed by atoms with Crippen LogP contribution in [0.5, 0.6) is 0 Å². The van der Waals surface area contributed by atoms with Gasteiger partial charge in [-0.2, -0.15) is 0 Å². The molecule has 0 aromatic rings. The Bertz CT molecular complexity index is 192. The number of halogens is 1. The lowest BCUT2D eigenvalue weighted by molar-refractivity contribution is -0.137. The highest BCUT2D eigenvalue weighted by atomic mass is 35.5. The molecule has 0 aliphatic carbocycles. The number of hydrogen-bond acceptors (Lipinski definition) is 4. The van der Waals surface area contributed by atoms with E-state index in [0.29, 0.717) is 18.1 Å². The molecule has 1 amide bonds. The zero-order valence-corrected chi connectivity index (χ0v) is 9.49. The summed E-state index contributed by atoms with van der Waals surface area (Å²) < 4.78 is 0. The summed E-state index contributed by atoms with van der Waals surface area (Å²) in [5.74, 6) is -0.349. The monoisotopic (exact) mass is 242 g/mol. The van der Waals surface area contributed by atoms with Crippen molar-refractivity contribution < 1.29 is 14.7 Å². The van der Waals surface area contributed by atoms with E-state index < -0.39 is 12.0 Å². The lowest BCUT2D eigenvalue weighted by Crippen LogP contribution is -2.33. The number of carboxylic acids is 1. The number of carboxylic acid groups (broad SMARTS) is 1. The molecule has 0 heterocycles. The van der Waals surface area contributed by atoms with Crippen molar-refractivity contribution in [2.45, 2.75) is 19.4 Å². The fraction of sp³-hybridized carbons (Fsp3) is 0.714. The first-order valence-corrected chi connectivity index (χ1v) is 5.06. The molecule has 0 fully saturated rings. The number of thioether (sulfide) groups is 1. The summed E-state index contributed by atoms with van der Waals surface area (Å²) in [5, 5.41) is 11.0. The van der Waals surface area contributed by atoms with Crippen molar-refractivity contribution in [3.8, 4) is 0 Å². The van der Waals surface area contributed by atoms with Crippen LogP contribution in [0.2, 0.25) is 0 Å². The number of amides is 1. The van der Waals surface area contributed by atoms with Gasteiger partial charge in [-0.15, -0.1) is 24.2 Å². The fourth-order valence-corrected chi connectivity index (χ4v) is 1.29. The van der Waals surface area contributed by atoms with Gasteiger partial charge in [-0.1, -0.05) is 6.92 Å². The lowest BCUT2D eigenvalue weighted by atomic mass is 10.4. The second-order valence-corrected chi connectivity index (χ2v) is 3.44. The topological polar surface area (TPSA) is 92.4 Å². The third-order valence-corrected chi connectivity index (χ3v) is 2.25. The molecular formula is C7H15ClN2O3S. The highest BCUT2D eigenvalue weighted by molar-refractivity contribution is 7.99. The summed E-state index contributed by atoms with van der Waals surface area (Å²) in [5.41, 5.74) is 5.23. The van der Waals surface area contributed by atoms with Crippen LogP contribution in [0.1, 0.15) is 13.3 Å². The highest BCUT2D eigenvalue weighted by Gasteiger charge is 2.10. The summed E-state index contributed by atoms with van der Waals surface area (Å²) in [4.78, 5) is 21.0. The molecule has 5 nitrogen and oxygen atoms in total. The van der Waals surface area contributed by atoms with E-state index in [1.807, 2.05) is 0 Å². The first-order valence-electron chi connectivity index (χ1n) is 3.90. The maximum atomic E-state index is 10.7. The lowest BCUT2D eigenvalue weighted by Gasteiger charge is -2.06. The normalized spacial score (nSPS) is 11.3. The van der Waals surface area contributed by atoms with Gasteiger partial charge in [0, 0.05) is 12.2 Å². The van der Waals surface area contributed by atoms with E-state index in [1.54, 1.807) is 6.92 Å². The number of nitrogens with two attached hydrogens (primary N) is 1. The molecule has 0 aliphatic heterocycles. The maximum Gasteiger partial charge on any atom is 0.321 e. The SMILES string of the molecule is CCC(=O)NCSCC(N)C(=O)O.Cl. The van der Waals surface area contributed by atoms with Crippen LogP contribution in [0.25, 0.3) is 0 Å². The molecule has 0 spiro atoms. The van der Waals surface area contributed by atoms with Gasteiger partial charge in [0.25, 0.3) is 0 Å². The molecule has 0 saturated heterocycles. The summed E-state index contributed by atoms with van der Waals surface area (Å²) in [6.07, 6.45) is 0.436. The molecule has 14 heavy (non-hydrogen) atoms. The summed E-state index contributed by atoms with van der Waals surface area (Å²) >= 11 is 1.30. The standard InChI is InChI=1S/C7H14N2O3S.ClH/c1-2-6(10)9-4-13-3-5(8)7(11)12;/h5H,2-4,8H2,1H3,(H,9,10)(H,11,12);1H. The molecule has 0 aromatic carbocycles. The number of aliphatic carboxylic acids is 1. The van der Waals surface area contributed by atoms with Crippen LogP contribution >= 0.6 is 24.2 Å². The molecule has 0 radical (unpaired) electrons. The van der Waals surface area contributed by atoms with Crippen LogP contribution in [0.3, 0.4) is 0 Å². The average molecular weight is 243 g/mol. The van der Waals surface area contributed by atoms with Crippen molar-refractivity contribution >= 4 is 36.0 Å². The molecule has 7 heteroatoms. The molecule has 1 atom stereocenters. The first-order chi connectivity index (χ1) is 6.07. The van der Waals surface area contributed by atoms with Crippen LogP contribution in [-0.4, -0.2) is 34.7 Å². The van der Waals surface area contributed by atoms with Crippen molar-refractivity contribution in [3.63, 3.8) is 0 Å². The van der Waals surface area contributed by atoms with Crippen LogP contribution < -0.4 is 11.1 Å². The fourth-order valence-electron chi connectivity index (χ4n) is 0.514. The van der Waals surface area contributed by atoms with Gasteiger partial charge in [0.15, 0.2) is 0 Å². The zero-order chi connectivity index (χ0) is 10.3. The molecule has 0 rings (SSSR count). The molecule has 84 valence electrons. The van der Waals surface area contributed by atoms with Crippen molar-refractivity contribution in [3.05, 3.63) is 0 Å². The minimum absolute atomic E-state index is 0. The summed E-state index contributed by atoms with van der Waals surface area (Å²) in [6, 6.07) is -0.858. The van der Waals surface area contributed by atoms with Crippen LogP contribution in [0, 0.1) is 0 Å². The van der Waals surface area contributed by atoms with Crippen molar-refractivity contribution in [2.24, 2.45) is 5.73 Å². The summed E-state index contributed by atoms with van der Waals surface area (Å²) in [6.45, 7) is 1.75. The molecule has 0 saturated carbocycles. The van der Waals surface area contributed by atoms with Gasteiger partial charge in [-0.05, 0) is 0 Å². The first kappa shape index (κ1) is 16.0. The van der Waals surface area contributed by atoms with Crippen LogP contribution in [-0.2, 0) is 9.59 Å². The van der Waals surface area contributed by atoms with Gasteiger partial charge >= 0.3 is 5.97 Å². The van der Waals surface area contributed by atoms with E-state index in [2.05, 4.69) is 5.32 Å². The van der Waals surface area contributed by atoms with Gasteiger partial charge in [-0.25, -0.2) is 0 Å². The Balaban J connectivity index is 0. The largest absolute Gasteiger partial charge is 0.480 e. The van der Waals surface area contributed by atoms with Gasteiger partial charge in [0.05, 0.1) is 5.88 Å². The molecule has 0 aromatic heterocycles. The minimum Gasteiger partial charge on any atom is -0.480 e. The number of carbonyl (C=O) groups is 2. The predicted molar refractivity (Wildman–Crippen MR) is 58.6 cm³/mol. The van der Waals surface area contributed by atoms with Gasteiger partial charge in [0.2, 0.25) is 5.91 Å².